The van der Waals surface area contributed by atoms with E-state index >= 15 is 0 Å². The Balaban J connectivity index is 1.42. The highest BCUT2D eigenvalue weighted by Gasteiger charge is 2.46. The molecule has 0 bridgehead atoms. The van der Waals surface area contributed by atoms with E-state index in [0.717, 1.165) is 15.4 Å². The van der Waals surface area contributed by atoms with Gasteiger partial charge in [-0.15, -0.1) is 0 Å². The number of hydrogen-bond acceptors (Lipinski definition) is 11. The summed E-state index contributed by atoms with van der Waals surface area (Å²) in [6.07, 6.45) is 0.612. The molecule has 0 unspecified atom stereocenters. The fourth-order valence-corrected chi connectivity index (χ4v) is 6.37. The molecule has 16 heteroatoms. The zero-order valence-corrected chi connectivity index (χ0v) is 29.9. The van der Waals surface area contributed by atoms with E-state index in [1.807, 2.05) is 30.3 Å². The SMILES string of the molecule is C=CCOC(=O)NCCN1C(=O)c2cc(OCC)c3c4c(cc(OCC)c(c24)C1=O)C(=O)N([C@@H](CCCCNC(=O)OCc1ccccc1)C(N)=O)C3=O. The largest absolute Gasteiger partial charge is 0.493 e. The highest BCUT2D eigenvalue weighted by atomic mass is 16.6. The molecule has 0 radical (unpaired) electrons. The first-order valence-electron chi connectivity index (χ1n) is 17.5. The number of nitrogens with zero attached hydrogens (tertiary/aromatic N) is 2. The molecule has 54 heavy (non-hydrogen) atoms. The molecule has 0 spiro atoms. The summed E-state index contributed by atoms with van der Waals surface area (Å²) in [7, 11) is 0. The van der Waals surface area contributed by atoms with Gasteiger partial charge < -0.3 is 35.3 Å². The molecule has 2 heterocycles. The van der Waals surface area contributed by atoms with Crippen LogP contribution in [0.4, 0.5) is 9.59 Å². The van der Waals surface area contributed by atoms with E-state index in [1.165, 1.54) is 18.2 Å². The van der Waals surface area contributed by atoms with Gasteiger partial charge in [0.1, 0.15) is 30.8 Å². The third-order valence-corrected chi connectivity index (χ3v) is 8.71. The van der Waals surface area contributed by atoms with Gasteiger partial charge in [-0.3, -0.25) is 33.8 Å². The van der Waals surface area contributed by atoms with Crippen molar-refractivity contribution in [2.75, 3.05) is 39.5 Å². The summed E-state index contributed by atoms with van der Waals surface area (Å²) >= 11 is 0. The summed E-state index contributed by atoms with van der Waals surface area (Å²) in [6, 6.07) is 10.4. The van der Waals surface area contributed by atoms with E-state index in [9.17, 15) is 33.6 Å². The van der Waals surface area contributed by atoms with Crippen LogP contribution in [0, 0.1) is 0 Å². The Bertz CT molecular complexity index is 2000. The van der Waals surface area contributed by atoms with Gasteiger partial charge in [0.25, 0.3) is 23.6 Å². The minimum atomic E-state index is -1.39. The maximum atomic E-state index is 14.3. The van der Waals surface area contributed by atoms with Crippen LogP contribution in [0.2, 0.25) is 0 Å². The quantitative estimate of drug-likeness (QED) is 0.0971. The number of unbranched alkanes of at least 4 members (excludes halogenated alkanes) is 1. The first-order chi connectivity index (χ1) is 26.0. The highest BCUT2D eigenvalue weighted by Crippen LogP contribution is 2.46. The lowest BCUT2D eigenvalue weighted by molar-refractivity contribution is -0.122. The monoisotopic (exact) mass is 743 g/mol. The van der Waals surface area contributed by atoms with Crippen molar-refractivity contribution in [1.29, 1.82) is 0 Å². The molecule has 4 N–H and O–H groups in total. The lowest BCUT2D eigenvalue weighted by Gasteiger charge is -2.36. The molecule has 3 aromatic carbocycles. The van der Waals surface area contributed by atoms with Crippen molar-refractivity contribution in [1.82, 2.24) is 20.4 Å². The molecule has 0 saturated carbocycles. The fourth-order valence-electron chi connectivity index (χ4n) is 6.37. The Morgan fingerprint density at radius 1 is 0.796 bits per heavy atom. The van der Waals surface area contributed by atoms with Crippen LogP contribution in [0.25, 0.3) is 10.8 Å². The number of primary amides is 1. The van der Waals surface area contributed by atoms with Gasteiger partial charge in [-0.1, -0.05) is 43.0 Å². The lowest BCUT2D eigenvalue weighted by atomic mass is 9.84. The number of carbonyl (C=O) groups is 7. The van der Waals surface area contributed by atoms with E-state index in [2.05, 4.69) is 17.2 Å². The molecule has 284 valence electrons. The normalized spacial score (nSPS) is 13.7. The number of hydrogen-bond donors (Lipinski definition) is 3. The number of alkyl carbamates (subject to hydrolysis) is 2. The molecule has 5 rings (SSSR count). The van der Waals surface area contributed by atoms with E-state index in [4.69, 9.17) is 24.7 Å². The van der Waals surface area contributed by atoms with Gasteiger partial charge >= 0.3 is 12.2 Å². The summed E-state index contributed by atoms with van der Waals surface area (Å²) in [4.78, 5) is 95.2. The van der Waals surface area contributed by atoms with Crippen LogP contribution in [0.15, 0.2) is 55.1 Å². The number of rotatable bonds is 18. The second-order valence-corrected chi connectivity index (χ2v) is 12.2. The van der Waals surface area contributed by atoms with Gasteiger partial charge in [0, 0.05) is 30.4 Å². The standard InChI is InChI=1S/C38H41N5O11/c1-4-18-53-37(49)41-16-17-42-33(45)23-19-27(52-6-3)31-29-24(20-26(51-5-2)30(28(23)29)35(42)47)34(46)43(36(31)48)25(32(39)44)14-10-11-15-40-38(50)54-21-22-12-8-7-9-13-22/h4,7-9,12-13,19-20,25H,1,5-6,10-11,14-18,21H2,2-3H3,(H2,39,44)(H,40,50)(H,41,49)/t25-/m0/s1. The summed E-state index contributed by atoms with van der Waals surface area (Å²) < 4.78 is 21.8. The van der Waals surface area contributed by atoms with Crippen LogP contribution in [-0.2, 0) is 20.9 Å². The molecular formula is C38H41N5O11. The number of ether oxygens (including phenoxy) is 4. The third-order valence-electron chi connectivity index (χ3n) is 8.71. The Morgan fingerprint density at radius 2 is 1.39 bits per heavy atom. The number of imide groups is 2. The molecule has 0 aromatic heterocycles. The first-order valence-corrected chi connectivity index (χ1v) is 17.5. The van der Waals surface area contributed by atoms with Crippen LogP contribution in [0.1, 0.15) is 80.1 Å². The Hall–Kier alpha value is -6.45. The number of benzene rings is 3. The molecular weight excluding hydrogens is 702 g/mol. The summed E-state index contributed by atoms with van der Waals surface area (Å²) in [5, 5.41) is 5.14. The van der Waals surface area contributed by atoms with Crippen molar-refractivity contribution in [2.45, 2.75) is 45.8 Å². The average molecular weight is 744 g/mol. The summed E-state index contributed by atoms with van der Waals surface area (Å²) in [5.74, 6) is -4.31. The van der Waals surface area contributed by atoms with Crippen molar-refractivity contribution in [3.63, 3.8) is 0 Å². The molecule has 2 aliphatic rings. The second kappa shape index (κ2) is 17.4. The van der Waals surface area contributed by atoms with Crippen molar-refractivity contribution < 1.29 is 52.5 Å². The molecule has 16 nitrogen and oxygen atoms in total. The predicted molar refractivity (Wildman–Crippen MR) is 193 cm³/mol. The molecule has 0 aliphatic carbocycles. The molecule has 1 atom stereocenters. The zero-order chi connectivity index (χ0) is 38.9. The Labute approximate surface area is 310 Å². The molecule has 0 fully saturated rings. The van der Waals surface area contributed by atoms with Crippen LogP contribution in [0.5, 0.6) is 11.5 Å². The van der Waals surface area contributed by atoms with Crippen molar-refractivity contribution in [3.8, 4) is 11.5 Å². The molecule has 3 aromatic rings. The van der Waals surface area contributed by atoms with E-state index < -0.39 is 47.8 Å². The van der Waals surface area contributed by atoms with Crippen molar-refractivity contribution >= 4 is 52.5 Å². The fraction of sp³-hybridized carbons (Fsp3) is 0.342. The zero-order valence-electron chi connectivity index (χ0n) is 29.9. The number of nitrogens with two attached hydrogens (primary N) is 1. The van der Waals surface area contributed by atoms with Crippen LogP contribution >= 0.6 is 0 Å². The van der Waals surface area contributed by atoms with Crippen LogP contribution in [-0.4, -0.2) is 97.0 Å². The van der Waals surface area contributed by atoms with Gasteiger partial charge in [0.05, 0.1) is 35.5 Å². The summed E-state index contributed by atoms with van der Waals surface area (Å²) in [5.41, 5.74) is 6.31. The van der Waals surface area contributed by atoms with Crippen molar-refractivity contribution in [2.24, 2.45) is 5.73 Å². The van der Waals surface area contributed by atoms with E-state index in [1.54, 1.807) is 13.8 Å². The second-order valence-electron chi connectivity index (χ2n) is 12.2. The van der Waals surface area contributed by atoms with Crippen LogP contribution in [0.3, 0.4) is 0 Å². The number of carbonyl (C=O) groups excluding carboxylic acids is 7. The number of amides is 7. The van der Waals surface area contributed by atoms with Gasteiger partial charge in [0.15, 0.2) is 0 Å². The highest BCUT2D eigenvalue weighted by molar-refractivity contribution is 6.35. The molecule has 2 aliphatic heterocycles. The van der Waals surface area contributed by atoms with Gasteiger partial charge in [-0.2, -0.15) is 0 Å². The third kappa shape index (κ3) is 7.96. The topological polar surface area (TPSA) is 213 Å². The lowest BCUT2D eigenvalue weighted by Crippen LogP contribution is -2.53. The van der Waals surface area contributed by atoms with E-state index in [-0.39, 0.29) is 103 Å². The smallest absolute Gasteiger partial charge is 0.407 e. The summed E-state index contributed by atoms with van der Waals surface area (Å²) in [6.45, 7) is 6.80. The van der Waals surface area contributed by atoms with Crippen molar-refractivity contribution in [3.05, 3.63) is 82.9 Å². The van der Waals surface area contributed by atoms with Crippen LogP contribution < -0.4 is 25.8 Å². The first kappa shape index (κ1) is 38.8. The van der Waals surface area contributed by atoms with Gasteiger partial charge in [-0.05, 0) is 50.8 Å². The Kier molecular flexibility index (Phi) is 12.5. The maximum Gasteiger partial charge on any atom is 0.407 e. The maximum absolute atomic E-state index is 14.3. The molecule has 0 saturated heterocycles. The van der Waals surface area contributed by atoms with E-state index in [0.29, 0.717) is 6.42 Å². The predicted octanol–water partition coefficient (Wildman–Crippen LogP) is 3.69. The number of nitrogens with one attached hydrogen (secondary N) is 2. The van der Waals surface area contributed by atoms with Gasteiger partial charge in [0.2, 0.25) is 5.91 Å². The van der Waals surface area contributed by atoms with Gasteiger partial charge in [-0.25, -0.2) is 9.59 Å². The minimum Gasteiger partial charge on any atom is -0.493 e. The average Bonchev–Trinajstić information content (AvgIpc) is 3.15. The Morgan fingerprint density at radius 3 is 2.00 bits per heavy atom. The minimum absolute atomic E-state index is 0.00886. The molecule has 7 amide bonds.